The predicted molar refractivity (Wildman–Crippen MR) is 75.5 cm³/mol. The highest BCUT2D eigenvalue weighted by molar-refractivity contribution is 7.09. The second-order valence-corrected chi connectivity index (χ2v) is 5.35. The molecule has 1 aromatic carbocycles. The van der Waals surface area contributed by atoms with Gasteiger partial charge in [-0.1, -0.05) is 18.2 Å². The largest absolute Gasteiger partial charge is 0.369 e. The first kappa shape index (κ1) is 12.1. The molecule has 0 radical (unpaired) electrons. The Morgan fingerprint density at radius 1 is 1.24 bits per heavy atom. The summed E-state index contributed by atoms with van der Waals surface area (Å²) in [5.41, 5.74) is 8.24. The minimum Gasteiger partial charge on any atom is -0.369 e. The zero-order chi connectivity index (χ0) is 12.3. The topological polar surface area (TPSA) is 29.3 Å². The van der Waals surface area contributed by atoms with Crippen molar-refractivity contribution in [2.75, 3.05) is 11.9 Å². The molecule has 1 heterocycles. The fourth-order valence-corrected chi connectivity index (χ4v) is 2.52. The van der Waals surface area contributed by atoms with E-state index in [1.807, 2.05) is 6.92 Å². The van der Waals surface area contributed by atoms with Gasteiger partial charge in [0.2, 0.25) is 0 Å². The van der Waals surface area contributed by atoms with Crippen molar-refractivity contribution < 1.29 is 0 Å². The van der Waals surface area contributed by atoms with Gasteiger partial charge in [-0.15, -0.1) is 11.3 Å². The summed E-state index contributed by atoms with van der Waals surface area (Å²) in [5, 5.41) is 2.11. The molecule has 2 nitrogen and oxygen atoms in total. The fourth-order valence-electron chi connectivity index (χ4n) is 1.76. The fraction of sp³-hybridized carbons (Fsp3) is 0.286. The number of nitrogens with two attached hydrogens (primary N) is 1. The van der Waals surface area contributed by atoms with Gasteiger partial charge in [-0.2, -0.15) is 0 Å². The van der Waals surface area contributed by atoms with Gasteiger partial charge in [-0.3, -0.25) is 0 Å². The maximum Gasteiger partial charge on any atom is 0.0519 e. The number of benzene rings is 1. The molecule has 0 fully saturated rings. The number of nitrogens with zero attached hydrogens (tertiary/aromatic N) is 1. The van der Waals surface area contributed by atoms with Crippen molar-refractivity contribution in [3.63, 3.8) is 0 Å². The van der Waals surface area contributed by atoms with Crippen LogP contribution in [0.25, 0.3) is 0 Å². The van der Waals surface area contributed by atoms with Gasteiger partial charge in [0.15, 0.2) is 0 Å². The Morgan fingerprint density at radius 3 is 2.47 bits per heavy atom. The minimum atomic E-state index is 0.103. The molecule has 0 saturated carbocycles. The summed E-state index contributed by atoms with van der Waals surface area (Å²) < 4.78 is 0. The lowest BCUT2D eigenvalue weighted by atomic mass is 10.1. The monoisotopic (exact) mass is 246 g/mol. The highest BCUT2D eigenvalue weighted by Gasteiger charge is 2.04. The Morgan fingerprint density at radius 2 is 1.94 bits per heavy atom. The maximum atomic E-state index is 5.84. The molecule has 2 N–H and O–H groups in total. The van der Waals surface area contributed by atoms with Gasteiger partial charge in [0, 0.05) is 23.7 Å². The summed E-state index contributed by atoms with van der Waals surface area (Å²) in [6.07, 6.45) is 0. The molecule has 0 saturated heterocycles. The first-order chi connectivity index (χ1) is 8.16. The summed E-state index contributed by atoms with van der Waals surface area (Å²) in [5.74, 6) is 0. The molecule has 0 amide bonds. The zero-order valence-electron chi connectivity index (χ0n) is 10.3. The molecule has 1 aromatic heterocycles. The van der Waals surface area contributed by atoms with Crippen molar-refractivity contribution in [3.05, 3.63) is 52.2 Å². The molecule has 2 aromatic rings. The number of thiophene rings is 1. The third kappa shape index (κ3) is 3.08. The second-order valence-electron chi connectivity index (χ2n) is 4.32. The van der Waals surface area contributed by atoms with E-state index in [-0.39, 0.29) is 6.04 Å². The lowest BCUT2D eigenvalue weighted by Crippen LogP contribution is -2.15. The molecular formula is C14H18N2S. The summed E-state index contributed by atoms with van der Waals surface area (Å²) >= 11 is 1.79. The van der Waals surface area contributed by atoms with Crippen LogP contribution in [0, 0.1) is 0 Å². The van der Waals surface area contributed by atoms with Crippen LogP contribution >= 0.6 is 11.3 Å². The Labute approximate surface area is 107 Å². The van der Waals surface area contributed by atoms with E-state index in [2.05, 4.69) is 53.7 Å². The first-order valence-electron chi connectivity index (χ1n) is 5.76. The Bertz CT molecular complexity index is 446. The van der Waals surface area contributed by atoms with E-state index in [1.165, 1.54) is 16.1 Å². The van der Waals surface area contributed by atoms with Crippen LogP contribution in [0.1, 0.15) is 23.4 Å². The van der Waals surface area contributed by atoms with Gasteiger partial charge in [0.05, 0.1) is 6.54 Å². The highest BCUT2D eigenvalue weighted by atomic mass is 32.1. The van der Waals surface area contributed by atoms with Crippen LogP contribution in [0.4, 0.5) is 5.69 Å². The molecule has 1 atom stereocenters. The number of anilines is 1. The van der Waals surface area contributed by atoms with E-state index >= 15 is 0 Å². The Kier molecular flexibility index (Phi) is 3.82. The molecule has 90 valence electrons. The van der Waals surface area contributed by atoms with Crippen LogP contribution < -0.4 is 10.6 Å². The predicted octanol–water partition coefficient (Wildman–Crippen LogP) is 3.40. The average Bonchev–Trinajstić information content (AvgIpc) is 2.82. The molecule has 0 bridgehead atoms. The van der Waals surface area contributed by atoms with Crippen molar-refractivity contribution in [1.82, 2.24) is 0 Å². The van der Waals surface area contributed by atoms with Crippen LogP contribution in [0.15, 0.2) is 41.8 Å². The van der Waals surface area contributed by atoms with Crippen molar-refractivity contribution >= 4 is 17.0 Å². The lowest BCUT2D eigenvalue weighted by Gasteiger charge is -2.19. The SMILES string of the molecule is C[C@H](N)c1ccc(N(C)Cc2cccs2)cc1. The van der Waals surface area contributed by atoms with E-state index in [9.17, 15) is 0 Å². The number of rotatable bonds is 4. The maximum absolute atomic E-state index is 5.84. The van der Waals surface area contributed by atoms with Crippen LogP contribution in [0.2, 0.25) is 0 Å². The molecule has 0 aliphatic heterocycles. The third-order valence-electron chi connectivity index (χ3n) is 2.83. The van der Waals surface area contributed by atoms with E-state index in [1.54, 1.807) is 11.3 Å². The molecule has 0 aliphatic rings. The van der Waals surface area contributed by atoms with Crippen molar-refractivity contribution in [1.29, 1.82) is 0 Å². The summed E-state index contributed by atoms with van der Waals surface area (Å²) in [4.78, 5) is 3.63. The second kappa shape index (κ2) is 5.34. The van der Waals surface area contributed by atoms with Gasteiger partial charge in [0.1, 0.15) is 0 Å². The van der Waals surface area contributed by atoms with Crippen LogP contribution in [-0.4, -0.2) is 7.05 Å². The molecule has 0 spiro atoms. The molecule has 0 aliphatic carbocycles. The van der Waals surface area contributed by atoms with Crippen molar-refractivity contribution in [2.45, 2.75) is 19.5 Å². The minimum absolute atomic E-state index is 0.103. The quantitative estimate of drug-likeness (QED) is 0.896. The van der Waals surface area contributed by atoms with Gasteiger partial charge in [-0.05, 0) is 36.1 Å². The van der Waals surface area contributed by atoms with Gasteiger partial charge >= 0.3 is 0 Å². The van der Waals surface area contributed by atoms with Crippen molar-refractivity contribution in [3.8, 4) is 0 Å². The molecule has 2 rings (SSSR count). The molecule has 17 heavy (non-hydrogen) atoms. The Balaban J connectivity index is 2.06. The third-order valence-corrected chi connectivity index (χ3v) is 3.69. The van der Waals surface area contributed by atoms with E-state index < -0.39 is 0 Å². The molecule has 3 heteroatoms. The highest BCUT2D eigenvalue weighted by Crippen LogP contribution is 2.20. The van der Waals surface area contributed by atoms with Gasteiger partial charge < -0.3 is 10.6 Å². The number of hydrogen-bond acceptors (Lipinski definition) is 3. The smallest absolute Gasteiger partial charge is 0.0519 e. The standard InChI is InChI=1S/C14H18N2S/c1-11(15)12-5-7-13(8-6-12)16(2)10-14-4-3-9-17-14/h3-9,11H,10,15H2,1-2H3/t11-/m0/s1. The molecular weight excluding hydrogens is 228 g/mol. The lowest BCUT2D eigenvalue weighted by molar-refractivity contribution is 0.817. The van der Waals surface area contributed by atoms with Crippen LogP contribution in [0.3, 0.4) is 0 Å². The van der Waals surface area contributed by atoms with Crippen LogP contribution in [-0.2, 0) is 6.54 Å². The normalized spacial score (nSPS) is 12.4. The molecule has 0 unspecified atom stereocenters. The van der Waals surface area contributed by atoms with Crippen molar-refractivity contribution in [2.24, 2.45) is 5.73 Å². The average molecular weight is 246 g/mol. The number of hydrogen-bond donors (Lipinski definition) is 1. The van der Waals surface area contributed by atoms with Gasteiger partial charge in [0.25, 0.3) is 0 Å². The summed E-state index contributed by atoms with van der Waals surface area (Å²) in [6, 6.07) is 12.8. The van der Waals surface area contributed by atoms with Crippen LogP contribution in [0.5, 0.6) is 0 Å². The van der Waals surface area contributed by atoms with E-state index in [4.69, 9.17) is 5.73 Å². The van der Waals surface area contributed by atoms with E-state index in [0.29, 0.717) is 0 Å². The van der Waals surface area contributed by atoms with E-state index in [0.717, 1.165) is 6.54 Å². The summed E-state index contributed by atoms with van der Waals surface area (Å²) in [7, 11) is 2.11. The zero-order valence-corrected chi connectivity index (χ0v) is 11.1. The summed E-state index contributed by atoms with van der Waals surface area (Å²) in [6.45, 7) is 2.96. The van der Waals surface area contributed by atoms with Gasteiger partial charge in [-0.25, -0.2) is 0 Å². The Hall–Kier alpha value is -1.32. The first-order valence-corrected chi connectivity index (χ1v) is 6.64.